The van der Waals surface area contributed by atoms with Crippen molar-refractivity contribution < 1.29 is 0 Å². The first-order valence-corrected chi connectivity index (χ1v) is 3.98. The molecule has 3 heteroatoms. The normalized spacial score (nSPS) is 30.2. The van der Waals surface area contributed by atoms with E-state index in [-0.39, 0.29) is 0 Å². The van der Waals surface area contributed by atoms with Crippen LogP contribution in [0.3, 0.4) is 0 Å². The predicted octanol–water partition coefficient (Wildman–Crippen LogP) is 0.505. The average Bonchev–Trinajstić information content (AvgIpc) is 2.34. The van der Waals surface area contributed by atoms with Crippen molar-refractivity contribution in [2.45, 2.75) is 12.5 Å². The predicted molar refractivity (Wildman–Crippen MR) is 44.9 cm³/mol. The third-order valence-corrected chi connectivity index (χ3v) is 2.45. The smallest absolute Gasteiger partial charge is 0.169 e. The van der Waals surface area contributed by atoms with Gasteiger partial charge in [-0.3, -0.25) is 0 Å². The van der Waals surface area contributed by atoms with E-state index < -0.39 is 0 Å². The zero-order chi connectivity index (χ0) is 6.97. The van der Waals surface area contributed by atoms with E-state index >= 15 is 0 Å². The van der Waals surface area contributed by atoms with E-state index in [1.54, 1.807) is 0 Å². The molecule has 0 aromatic rings. The summed E-state index contributed by atoms with van der Waals surface area (Å²) in [6.45, 7) is 2.03. The Hall–Kier alpha value is -0.570. The standard InChI is InChI=1S/C7H10N2S/c10-7-8-5-6-3-1-2-4-9(6)7/h1-2,6H,3-5H2,(H,8,10). The third kappa shape index (κ3) is 0.814. The van der Waals surface area contributed by atoms with Crippen LogP contribution in [0.25, 0.3) is 0 Å². The number of nitrogens with one attached hydrogen (secondary N) is 1. The van der Waals surface area contributed by atoms with Gasteiger partial charge in [0.25, 0.3) is 0 Å². The van der Waals surface area contributed by atoms with Gasteiger partial charge in [0, 0.05) is 13.1 Å². The van der Waals surface area contributed by atoms with Crippen LogP contribution in [0.1, 0.15) is 6.42 Å². The Morgan fingerprint density at radius 1 is 1.60 bits per heavy atom. The minimum Gasteiger partial charge on any atom is -0.360 e. The fourth-order valence-electron chi connectivity index (χ4n) is 1.47. The van der Waals surface area contributed by atoms with Crippen molar-refractivity contribution in [2.75, 3.05) is 13.1 Å². The van der Waals surface area contributed by atoms with Gasteiger partial charge in [-0.15, -0.1) is 0 Å². The maximum atomic E-state index is 5.10. The molecule has 0 aromatic carbocycles. The van der Waals surface area contributed by atoms with Gasteiger partial charge in [-0.25, -0.2) is 0 Å². The molecule has 0 radical (unpaired) electrons. The van der Waals surface area contributed by atoms with Crippen molar-refractivity contribution in [1.82, 2.24) is 10.2 Å². The molecule has 2 aliphatic heterocycles. The number of rotatable bonds is 0. The monoisotopic (exact) mass is 154 g/mol. The van der Waals surface area contributed by atoms with Crippen molar-refractivity contribution in [2.24, 2.45) is 0 Å². The molecule has 0 saturated carbocycles. The molecule has 0 aliphatic carbocycles. The number of nitrogens with zero attached hydrogens (tertiary/aromatic N) is 1. The van der Waals surface area contributed by atoms with Crippen LogP contribution in [0, 0.1) is 0 Å². The van der Waals surface area contributed by atoms with Crippen molar-refractivity contribution in [3.05, 3.63) is 12.2 Å². The molecule has 1 N–H and O–H groups in total. The lowest BCUT2D eigenvalue weighted by Gasteiger charge is -2.25. The van der Waals surface area contributed by atoms with Gasteiger partial charge in [-0.1, -0.05) is 12.2 Å². The second-order valence-corrected chi connectivity index (χ2v) is 3.09. The molecule has 1 unspecified atom stereocenters. The molecule has 10 heavy (non-hydrogen) atoms. The molecule has 2 nitrogen and oxygen atoms in total. The quantitative estimate of drug-likeness (QED) is 0.404. The zero-order valence-electron chi connectivity index (χ0n) is 5.71. The van der Waals surface area contributed by atoms with Crippen LogP contribution in [-0.2, 0) is 0 Å². The second kappa shape index (κ2) is 2.23. The topological polar surface area (TPSA) is 15.3 Å². The summed E-state index contributed by atoms with van der Waals surface area (Å²) in [4.78, 5) is 2.25. The van der Waals surface area contributed by atoms with Gasteiger partial charge in [0.05, 0.1) is 6.04 Å². The Morgan fingerprint density at radius 2 is 2.50 bits per heavy atom. The molecule has 0 amide bonds. The fraction of sp³-hybridized carbons (Fsp3) is 0.571. The molecule has 1 atom stereocenters. The van der Waals surface area contributed by atoms with Crippen molar-refractivity contribution in [3.8, 4) is 0 Å². The summed E-state index contributed by atoms with van der Waals surface area (Å²) >= 11 is 5.10. The van der Waals surface area contributed by atoms with Gasteiger partial charge in [-0.2, -0.15) is 0 Å². The van der Waals surface area contributed by atoms with Crippen molar-refractivity contribution in [1.29, 1.82) is 0 Å². The Bertz CT molecular complexity index is 188. The minimum atomic E-state index is 0.637. The maximum absolute atomic E-state index is 5.10. The molecule has 1 fully saturated rings. The SMILES string of the molecule is S=C1NCC2CC=CCN12. The van der Waals surface area contributed by atoms with E-state index in [9.17, 15) is 0 Å². The lowest BCUT2D eigenvalue weighted by atomic mass is 10.1. The minimum absolute atomic E-state index is 0.637. The van der Waals surface area contributed by atoms with Crippen molar-refractivity contribution in [3.63, 3.8) is 0 Å². The van der Waals surface area contributed by atoms with E-state index in [1.165, 1.54) is 0 Å². The Morgan fingerprint density at radius 3 is 3.30 bits per heavy atom. The van der Waals surface area contributed by atoms with E-state index in [4.69, 9.17) is 12.2 Å². The van der Waals surface area contributed by atoms with E-state index in [0.717, 1.165) is 24.6 Å². The van der Waals surface area contributed by atoms with Crippen LogP contribution in [0.15, 0.2) is 12.2 Å². The number of fused-ring (bicyclic) bond motifs is 1. The van der Waals surface area contributed by atoms with Gasteiger partial charge >= 0.3 is 0 Å². The lowest BCUT2D eigenvalue weighted by Crippen LogP contribution is -2.35. The maximum Gasteiger partial charge on any atom is 0.169 e. The van der Waals surface area contributed by atoms with Crippen LogP contribution in [0.2, 0.25) is 0 Å². The van der Waals surface area contributed by atoms with Gasteiger partial charge in [0.1, 0.15) is 0 Å². The molecule has 2 aliphatic rings. The third-order valence-electron chi connectivity index (χ3n) is 2.07. The fourth-order valence-corrected chi connectivity index (χ4v) is 1.77. The number of hydrogen-bond acceptors (Lipinski definition) is 1. The van der Waals surface area contributed by atoms with Gasteiger partial charge in [0.15, 0.2) is 5.11 Å². The summed E-state index contributed by atoms with van der Waals surface area (Å²) in [5, 5.41) is 4.10. The molecular formula is C7H10N2S. The van der Waals surface area contributed by atoms with Crippen LogP contribution >= 0.6 is 12.2 Å². The molecule has 0 bridgehead atoms. The highest BCUT2D eigenvalue weighted by Gasteiger charge is 2.27. The number of thiocarbonyl (C=S) groups is 1. The molecular weight excluding hydrogens is 144 g/mol. The van der Waals surface area contributed by atoms with Crippen LogP contribution < -0.4 is 5.32 Å². The first-order chi connectivity index (χ1) is 4.88. The highest BCUT2D eigenvalue weighted by molar-refractivity contribution is 7.80. The number of hydrogen-bond donors (Lipinski definition) is 1. The lowest BCUT2D eigenvalue weighted by molar-refractivity contribution is 0.371. The molecule has 2 heterocycles. The summed E-state index contributed by atoms with van der Waals surface area (Å²) in [5.41, 5.74) is 0. The van der Waals surface area contributed by atoms with Crippen LogP contribution in [0.4, 0.5) is 0 Å². The average molecular weight is 154 g/mol. The van der Waals surface area contributed by atoms with Crippen molar-refractivity contribution >= 4 is 17.3 Å². The van der Waals surface area contributed by atoms with Crippen LogP contribution in [-0.4, -0.2) is 29.1 Å². The highest BCUT2D eigenvalue weighted by atomic mass is 32.1. The Balaban J connectivity index is 2.17. The summed E-state index contributed by atoms with van der Waals surface area (Å²) < 4.78 is 0. The van der Waals surface area contributed by atoms with Gasteiger partial charge in [0.2, 0.25) is 0 Å². The first kappa shape index (κ1) is 6.16. The Kier molecular flexibility index (Phi) is 1.38. The molecule has 0 spiro atoms. The molecule has 1 saturated heterocycles. The highest BCUT2D eigenvalue weighted by Crippen LogP contribution is 2.14. The van der Waals surface area contributed by atoms with Gasteiger partial charge in [-0.05, 0) is 18.6 Å². The second-order valence-electron chi connectivity index (χ2n) is 2.70. The Labute approximate surface area is 65.9 Å². The summed E-state index contributed by atoms with van der Waals surface area (Å²) in [6, 6.07) is 0.637. The molecule has 2 rings (SSSR count). The summed E-state index contributed by atoms with van der Waals surface area (Å²) in [7, 11) is 0. The van der Waals surface area contributed by atoms with E-state index in [0.29, 0.717) is 6.04 Å². The van der Waals surface area contributed by atoms with Crippen LogP contribution in [0.5, 0.6) is 0 Å². The first-order valence-electron chi connectivity index (χ1n) is 3.57. The summed E-state index contributed by atoms with van der Waals surface area (Å²) in [6.07, 6.45) is 5.56. The largest absolute Gasteiger partial charge is 0.360 e. The van der Waals surface area contributed by atoms with Gasteiger partial charge < -0.3 is 10.2 Å². The van der Waals surface area contributed by atoms with E-state index in [1.807, 2.05) is 0 Å². The van der Waals surface area contributed by atoms with E-state index in [2.05, 4.69) is 22.4 Å². The summed E-state index contributed by atoms with van der Waals surface area (Å²) in [5.74, 6) is 0. The molecule has 54 valence electrons. The zero-order valence-corrected chi connectivity index (χ0v) is 6.53. The molecule has 0 aromatic heterocycles.